The molecule has 1 aliphatic rings. The molecule has 0 aromatic rings. The lowest BCUT2D eigenvalue weighted by Crippen LogP contribution is -2.62. The summed E-state index contributed by atoms with van der Waals surface area (Å²) in [6.07, 6.45) is -3.51. The molecule has 0 amide bonds. The molecule has 2 unspecified atom stereocenters. The van der Waals surface area contributed by atoms with Crippen LogP contribution in [0.5, 0.6) is 0 Å². The normalized spacial score (nSPS) is 31.7. The molecule has 9 heteroatoms. The van der Waals surface area contributed by atoms with Crippen LogP contribution in [0, 0.1) is 0 Å². The number of aliphatic carboxylic acids is 1. The van der Waals surface area contributed by atoms with Crippen LogP contribution < -0.4 is 5.73 Å². The highest BCUT2D eigenvalue weighted by Crippen LogP contribution is 2.21. The molecule has 0 radical (unpaired) electrons. The number of carbonyl (C=O) groups excluding carboxylic acids is 1. The highest BCUT2D eigenvalue weighted by atomic mass is 16.7. The Morgan fingerprint density at radius 1 is 1.23 bits per heavy atom. The third kappa shape index (κ3) is 5.85. The number of aliphatic hydroxyl groups is 2. The summed E-state index contributed by atoms with van der Waals surface area (Å²) in [6, 6.07) is -0.956. The molecule has 0 aliphatic carbocycles. The Bertz CT molecular complexity index is 377. The molecule has 0 aromatic carbocycles. The molecule has 1 fully saturated rings. The fourth-order valence-corrected chi connectivity index (χ4v) is 2.02. The van der Waals surface area contributed by atoms with Crippen molar-refractivity contribution in [3.63, 3.8) is 0 Å². The molecule has 22 heavy (non-hydrogen) atoms. The standard InChI is InChI=1S/C13H23NO8/c1-7(15)21-6-8-11(18)12(19)10(14)13(22-8)20-5-3-2-4-9(16)17/h8,10-13,18-19H,2-6,14H2,1H3,(H,16,17)/t8?,10-,11-,12?,13+/m0/s1. The first kappa shape index (κ1) is 18.8. The minimum Gasteiger partial charge on any atom is -0.481 e. The predicted molar refractivity (Wildman–Crippen MR) is 72.7 cm³/mol. The summed E-state index contributed by atoms with van der Waals surface area (Å²) in [4.78, 5) is 21.2. The fraction of sp³-hybridized carbons (Fsp3) is 0.846. The summed E-state index contributed by atoms with van der Waals surface area (Å²) < 4.78 is 15.5. The number of ether oxygens (including phenoxy) is 3. The van der Waals surface area contributed by atoms with Crippen molar-refractivity contribution in [2.45, 2.75) is 56.8 Å². The summed E-state index contributed by atoms with van der Waals surface area (Å²) in [5, 5.41) is 28.2. The molecule has 1 saturated heterocycles. The number of carboxylic acid groups (broad SMARTS) is 1. The summed E-state index contributed by atoms with van der Waals surface area (Å²) in [7, 11) is 0. The van der Waals surface area contributed by atoms with Gasteiger partial charge in [0.15, 0.2) is 6.29 Å². The molecule has 0 aromatic heterocycles. The summed E-state index contributed by atoms with van der Waals surface area (Å²) in [5.74, 6) is -1.42. The Hall–Kier alpha value is -1.26. The quantitative estimate of drug-likeness (QED) is 0.312. The van der Waals surface area contributed by atoms with Gasteiger partial charge in [0.2, 0.25) is 0 Å². The molecule has 1 aliphatic heterocycles. The van der Waals surface area contributed by atoms with Gasteiger partial charge in [-0.3, -0.25) is 9.59 Å². The molecule has 0 bridgehead atoms. The van der Waals surface area contributed by atoms with Crippen LogP contribution in [-0.4, -0.2) is 71.1 Å². The predicted octanol–water partition coefficient (Wildman–Crippen LogP) is -1.40. The third-order valence-corrected chi connectivity index (χ3v) is 3.27. The van der Waals surface area contributed by atoms with Crippen molar-refractivity contribution in [1.29, 1.82) is 0 Å². The van der Waals surface area contributed by atoms with Crippen molar-refractivity contribution < 1.29 is 39.1 Å². The van der Waals surface area contributed by atoms with Gasteiger partial charge in [0.1, 0.15) is 24.9 Å². The topological polar surface area (TPSA) is 149 Å². The summed E-state index contributed by atoms with van der Waals surface area (Å²) in [5.41, 5.74) is 5.73. The zero-order valence-electron chi connectivity index (χ0n) is 12.4. The maximum absolute atomic E-state index is 10.8. The highest BCUT2D eigenvalue weighted by molar-refractivity contribution is 5.66. The number of esters is 1. The van der Waals surface area contributed by atoms with Crippen LogP contribution in [0.15, 0.2) is 0 Å². The van der Waals surface area contributed by atoms with Crippen molar-refractivity contribution >= 4 is 11.9 Å². The van der Waals surface area contributed by atoms with Crippen molar-refractivity contribution in [1.82, 2.24) is 0 Å². The van der Waals surface area contributed by atoms with E-state index in [0.29, 0.717) is 12.8 Å². The number of nitrogens with two attached hydrogens (primary N) is 1. The average molecular weight is 321 g/mol. The fourth-order valence-electron chi connectivity index (χ4n) is 2.02. The first-order chi connectivity index (χ1) is 10.3. The van der Waals surface area contributed by atoms with Gasteiger partial charge < -0.3 is 35.3 Å². The molecule has 9 nitrogen and oxygen atoms in total. The number of hydrogen-bond acceptors (Lipinski definition) is 8. The van der Waals surface area contributed by atoms with Crippen LogP contribution in [-0.2, 0) is 23.8 Å². The van der Waals surface area contributed by atoms with Crippen LogP contribution in [0.3, 0.4) is 0 Å². The smallest absolute Gasteiger partial charge is 0.303 e. The second kappa shape index (κ2) is 9.01. The minimum atomic E-state index is -1.29. The SMILES string of the molecule is CC(=O)OCC1O[C@@H](OCCCCC(=O)O)[C@@H](N)C(O)[C@H]1O. The summed E-state index contributed by atoms with van der Waals surface area (Å²) >= 11 is 0. The molecule has 128 valence electrons. The monoisotopic (exact) mass is 321 g/mol. The number of carboxylic acids is 1. The van der Waals surface area contributed by atoms with E-state index >= 15 is 0 Å². The van der Waals surface area contributed by atoms with Crippen LogP contribution in [0.25, 0.3) is 0 Å². The van der Waals surface area contributed by atoms with E-state index in [0.717, 1.165) is 0 Å². The maximum atomic E-state index is 10.8. The largest absolute Gasteiger partial charge is 0.481 e. The van der Waals surface area contributed by atoms with Gasteiger partial charge in [-0.1, -0.05) is 0 Å². The number of rotatable bonds is 8. The summed E-state index contributed by atoms with van der Waals surface area (Å²) in [6.45, 7) is 1.20. The lowest BCUT2D eigenvalue weighted by atomic mass is 9.98. The van der Waals surface area contributed by atoms with Crippen LogP contribution >= 0.6 is 0 Å². The molecule has 0 saturated carbocycles. The molecular formula is C13H23NO8. The Morgan fingerprint density at radius 2 is 1.91 bits per heavy atom. The van der Waals surface area contributed by atoms with Gasteiger partial charge in [-0.2, -0.15) is 0 Å². The number of aliphatic hydroxyl groups excluding tert-OH is 2. The van der Waals surface area contributed by atoms with Gasteiger partial charge in [-0.15, -0.1) is 0 Å². The van der Waals surface area contributed by atoms with Crippen LogP contribution in [0.2, 0.25) is 0 Å². The van der Waals surface area contributed by atoms with E-state index in [4.69, 9.17) is 25.1 Å². The van der Waals surface area contributed by atoms with Gasteiger partial charge in [-0.05, 0) is 12.8 Å². The van der Waals surface area contributed by atoms with Gasteiger partial charge in [0.25, 0.3) is 0 Å². The lowest BCUT2D eigenvalue weighted by molar-refractivity contribution is -0.267. The van der Waals surface area contributed by atoms with E-state index in [9.17, 15) is 19.8 Å². The van der Waals surface area contributed by atoms with E-state index in [1.807, 2.05) is 0 Å². The molecule has 1 rings (SSSR count). The van der Waals surface area contributed by atoms with Crippen LogP contribution in [0.4, 0.5) is 0 Å². The zero-order chi connectivity index (χ0) is 16.7. The molecular weight excluding hydrogens is 298 g/mol. The van der Waals surface area contributed by atoms with Crippen molar-refractivity contribution in [3.8, 4) is 0 Å². The number of hydrogen-bond donors (Lipinski definition) is 4. The minimum absolute atomic E-state index is 0.0390. The first-order valence-electron chi connectivity index (χ1n) is 7.07. The van der Waals surface area contributed by atoms with E-state index in [2.05, 4.69) is 0 Å². The Labute approximate surface area is 127 Å². The number of unbranched alkanes of at least 4 members (excludes halogenated alkanes) is 1. The van der Waals surface area contributed by atoms with Crippen molar-refractivity contribution in [2.24, 2.45) is 5.73 Å². The Kier molecular flexibility index (Phi) is 7.69. The highest BCUT2D eigenvalue weighted by Gasteiger charge is 2.43. The maximum Gasteiger partial charge on any atom is 0.303 e. The Balaban J connectivity index is 2.43. The number of carbonyl (C=O) groups is 2. The van der Waals surface area contributed by atoms with Crippen LogP contribution in [0.1, 0.15) is 26.2 Å². The first-order valence-corrected chi connectivity index (χ1v) is 7.07. The Morgan fingerprint density at radius 3 is 2.50 bits per heavy atom. The molecule has 5 atom stereocenters. The van der Waals surface area contributed by atoms with Gasteiger partial charge in [0, 0.05) is 20.0 Å². The average Bonchev–Trinajstić information content (AvgIpc) is 2.45. The van der Waals surface area contributed by atoms with Gasteiger partial charge >= 0.3 is 11.9 Å². The van der Waals surface area contributed by atoms with E-state index in [1.165, 1.54) is 6.92 Å². The van der Waals surface area contributed by atoms with E-state index in [-0.39, 0.29) is 19.6 Å². The second-order valence-corrected chi connectivity index (χ2v) is 5.13. The second-order valence-electron chi connectivity index (χ2n) is 5.13. The molecule has 0 spiro atoms. The van der Waals surface area contributed by atoms with Gasteiger partial charge in [0.05, 0.1) is 6.04 Å². The lowest BCUT2D eigenvalue weighted by Gasteiger charge is -2.40. The van der Waals surface area contributed by atoms with E-state index < -0.39 is 42.6 Å². The molecule has 1 heterocycles. The van der Waals surface area contributed by atoms with Crippen molar-refractivity contribution in [3.05, 3.63) is 0 Å². The van der Waals surface area contributed by atoms with Gasteiger partial charge in [-0.25, -0.2) is 0 Å². The molecule has 5 N–H and O–H groups in total. The van der Waals surface area contributed by atoms with Crippen molar-refractivity contribution in [2.75, 3.05) is 13.2 Å². The van der Waals surface area contributed by atoms with E-state index in [1.54, 1.807) is 0 Å². The third-order valence-electron chi connectivity index (χ3n) is 3.27. The zero-order valence-corrected chi connectivity index (χ0v) is 12.4.